The second kappa shape index (κ2) is 45.7. The van der Waals surface area contributed by atoms with E-state index >= 15 is 0 Å². The molecule has 0 aliphatic carbocycles. The van der Waals surface area contributed by atoms with Crippen LogP contribution >= 0.6 is 7.82 Å². The van der Waals surface area contributed by atoms with Crippen molar-refractivity contribution in [2.24, 2.45) is 5.73 Å². The van der Waals surface area contributed by atoms with E-state index in [1.165, 1.54) is 141 Å². The lowest BCUT2D eigenvalue weighted by Crippen LogP contribution is -2.29. The molecule has 3 N–H and O–H groups in total. The average Bonchev–Trinajstić information content (AvgIpc) is 3.22. The second-order valence-electron chi connectivity index (χ2n) is 16.3. The first kappa shape index (κ1) is 57.2. The minimum Gasteiger partial charge on any atom is -0.462 e. The smallest absolute Gasteiger partial charge is 0.462 e. The summed E-state index contributed by atoms with van der Waals surface area (Å²) in [5.74, 6) is -0.877. The van der Waals surface area contributed by atoms with Gasteiger partial charge in [0.15, 0.2) is 6.10 Å². The lowest BCUT2D eigenvalue weighted by molar-refractivity contribution is -0.161. The first-order chi connectivity index (χ1) is 28.8. The Hall–Kier alpha value is -1.77. The lowest BCUT2D eigenvalue weighted by Gasteiger charge is -2.19. The van der Waals surface area contributed by atoms with Gasteiger partial charge in [0.2, 0.25) is 0 Å². The van der Waals surface area contributed by atoms with E-state index in [1.54, 1.807) is 0 Å². The number of phosphoric acid groups is 1. The van der Waals surface area contributed by atoms with Gasteiger partial charge in [-0.2, -0.15) is 0 Å². The number of esters is 2. The highest BCUT2D eigenvalue weighted by atomic mass is 31.2. The highest BCUT2D eigenvalue weighted by Gasteiger charge is 2.26. The number of hydrogen-bond donors (Lipinski definition) is 2. The molecule has 10 heteroatoms. The molecule has 0 heterocycles. The van der Waals surface area contributed by atoms with E-state index in [0.29, 0.717) is 6.42 Å². The van der Waals surface area contributed by atoms with Crippen LogP contribution in [-0.4, -0.2) is 49.3 Å². The summed E-state index contributed by atoms with van der Waals surface area (Å²) in [6.45, 7) is 3.70. The van der Waals surface area contributed by atoms with Gasteiger partial charge in [0, 0.05) is 19.4 Å². The Kier molecular flexibility index (Phi) is 44.4. The third kappa shape index (κ3) is 45.6. The summed E-state index contributed by atoms with van der Waals surface area (Å²) >= 11 is 0. The molecular formula is C49H92NO8P. The normalized spacial score (nSPS) is 13.5. The predicted molar refractivity (Wildman–Crippen MR) is 247 cm³/mol. The molecule has 0 bridgehead atoms. The van der Waals surface area contributed by atoms with Crippen molar-refractivity contribution in [2.75, 3.05) is 26.4 Å². The number of allylic oxidation sites excluding steroid dienone is 6. The number of unbranched alkanes of at least 4 members (excludes halogenated alkanes) is 27. The molecule has 0 saturated carbocycles. The molecule has 0 aromatic rings. The van der Waals surface area contributed by atoms with E-state index in [-0.39, 0.29) is 32.6 Å². The number of carbonyl (C=O) groups excluding carboxylic acids is 2. The third-order valence-corrected chi connectivity index (χ3v) is 11.5. The fraction of sp³-hybridized carbons (Fsp3) is 0.837. The van der Waals surface area contributed by atoms with Gasteiger partial charge in [0.25, 0.3) is 0 Å². The van der Waals surface area contributed by atoms with Crippen molar-refractivity contribution >= 4 is 19.8 Å². The van der Waals surface area contributed by atoms with Crippen LogP contribution in [0.4, 0.5) is 0 Å². The SMILES string of the molecule is CCCCCC/C=C/CCCCCCCCCC(=O)OC[C@H](COP(=O)(O)OCCN)OC(=O)CCC/C=C/CC/C=C/CCCCCCCCCCCCCCCC. The summed E-state index contributed by atoms with van der Waals surface area (Å²) in [7, 11) is -4.39. The van der Waals surface area contributed by atoms with Crippen molar-refractivity contribution in [3.8, 4) is 0 Å². The monoisotopic (exact) mass is 854 g/mol. The largest absolute Gasteiger partial charge is 0.472 e. The molecule has 0 spiro atoms. The van der Waals surface area contributed by atoms with Crippen LogP contribution in [0.2, 0.25) is 0 Å². The molecule has 9 nitrogen and oxygen atoms in total. The molecular weight excluding hydrogens is 762 g/mol. The fourth-order valence-corrected chi connectivity index (χ4v) is 7.59. The van der Waals surface area contributed by atoms with Crippen molar-refractivity contribution < 1.29 is 37.6 Å². The van der Waals surface area contributed by atoms with Crippen molar-refractivity contribution in [3.63, 3.8) is 0 Å². The first-order valence-electron chi connectivity index (χ1n) is 24.5. The Labute approximate surface area is 363 Å². The van der Waals surface area contributed by atoms with Crippen molar-refractivity contribution in [1.82, 2.24) is 0 Å². The molecule has 0 saturated heterocycles. The van der Waals surface area contributed by atoms with Gasteiger partial charge in [-0.3, -0.25) is 18.6 Å². The number of carbonyl (C=O) groups is 2. The maximum absolute atomic E-state index is 12.6. The van der Waals surface area contributed by atoms with E-state index in [2.05, 4.69) is 50.3 Å². The van der Waals surface area contributed by atoms with Crippen LogP contribution in [-0.2, 0) is 32.7 Å². The summed E-state index contributed by atoms with van der Waals surface area (Å²) < 4.78 is 32.8. The molecule has 346 valence electrons. The maximum Gasteiger partial charge on any atom is 0.472 e. The predicted octanol–water partition coefficient (Wildman–Crippen LogP) is 14.5. The molecule has 0 amide bonds. The van der Waals surface area contributed by atoms with Crippen LogP contribution < -0.4 is 5.73 Å². The molecule has 0 aliphatic rings. The zero-order chi connectivity index (χ0) is 43.2. The van der Waals surface area contributed by atoms with E-state index in [0.717, 1.165) is 57.8 Å². The molecule has 59 heavy (non-hydrogen) atoms. The highest BCUT2D eigenvalue weighted by Crippen LogP contribution is 2.43. The van der Waals surface area contributed by atoms with Gasteiger partial charge in [0.05, 0.1) is 13.2 Å². The molecule has 0 aliphatic heterocycles. The zero-order valence-electron chi connectivity index (χ0n) is 38.2. The summed E-state index contributed by atoms with van der Waals surface area (Å²) in [4.78, 5) is 34.9. The fourth-order valence-electron chi connectivity index (χ4n) is 6.83. The summed E-state index contributed by atoms with van der Waals surface area (Å²) in [5, 5.41) is 0. The van der Waals surface area contributed by atoms with Crippen LogP contribution in [0.5, 0.6) is 0 Å². The standard InChI is InChI=1S/C49H92NO8P/c1-3-5-7-9-11-13-15-17-19-20-21-22-23-24-25-26-28-30-32-34-36-38-40-42-49(52)58-47(46-57-59(53,54)56-44-43-50)45-55-48(51)41-39-37-35-33-31-29-27-18-16-14-12-10-8-6-4-2/h14,16,26,28,34,36,47H,3-13,15,17-25,27,29-33,35,37-46,50H2,1-2H3,(H,53,54)/b16-14+,28-26+,36-34+/t47-/m1/s1. The van der Waals surface area contributed by atoms with Crippen molar-refractivity contribution in [3.05, 3.63) is 36.5 Å². The second-order valence-corrected chi connectivity index (χ2v) is 17.8. The summed E-state index contributed by atoms with van der Waals surface area (Å²) in [6.07, 6.45) is 51.9. The van der Waals surface area contributed by atoms with Gasteiger partial charge in [-0.05, 0) is 70.6 Å². The molecule has 2 atom stereocenters. The van der Waals surface area contributed by atoms with E-state index in [9.17, 15) is 19.0 Å². The van der Waals surface area contributed by atoms with E-state index in [4.69, 9.17) is 24.3 Å². The summed E-state index contributed by atoms with van der Waals surface area (Å²) in [6, 6.07) is 0. The topological polar surface area (TPSA) is 134 Å². The zero-order valence-corrected chi connectivity index (χ0v) is 39.1. The molecule has 0 rings (SSSR count). The van der Waals surface area contributed by atoms with Gasteiger partial charge < -0.3 is 20.1 Å². The Bertz CT molecular complexity index is 1060. The Morgan fingerprint density at radius 1 is 0.492 bits per heavy atom. The minimum absolute atomic E-state index is 0.0472. The van der Waals surface area contributed by atoms with Crippen LogP contribution in [0.1, 0.15) is 232 Å². The van der Waals surface area contributed by atoms with Crippen LogP contribution in [0.3, 0.4) is 0 Å². The number of hydrogen-bond acceptors (Lipinski definition) is 8. The maximum atomic E-state index is 12.6. The van der Waals surface area contributed by atoms with Gasteiger partial charge in [-0.15, -0.1) is 0 Å². The number of rotatable bonds is 46. The van der Waals surface area contributed by atoms with Crippen molar-refractivity contribution in [2.45, 2.75) is 238 Å². The van der Waals surface area contributed by atoms with Gasteiger partial charge in [0.1, 0.15) is 6.61 Å². The molecule has 0 radical (unpaired) electrons. The van der Waals surface area contributed by atoms with E-state index < -0.39 is 32.5 Å². The van der Waals surface area contributed by atoms with Gasteiger partial charge >= 0.3 is 19.8 Å². The van der Waals surface area contributed by atoms with Crippen molar-refractivity contribution in [1.29, 1.82) is 0 Å². The minimum atomic E-state index is -4.39. The molecule has 0 aromatic heterocycles. The lowest BCUT2D eigenvalue weighted by atomic mass is 10.0. The number of ether oxygens (including phenoxy) is 2. The quantitative estimate of drug-likeness (QED) is 0.0265. The molecule has 1 unspecified atom stereocenters. The van der Waals surface area contributed by atoms with Crippen LogP contribution in [0.25, 0.3) is 0 Å². The summed E-state index contributed by atoms with van der Waals surface area (Å²) in [5.41, 5.74) is 5.35. The third-order valence-electron chi connectivity index (χ3n) is 10.5. The van der Waals surface area contributed by atoms with Gasteiger partial charge in [-0.25, -0.2) is 4.57 Å². The number of nitrogens with two attached hydrogens (primary N) is 1. The average molecular weight is 854 g/mol. The van der Waals surface area contributed by atoms with E-state index in [1.807, 2.05) is 0 Å². The van der Waals surface area contributed by atoms with Crippen LogP contribution in [0, 0.1) is 0 Å². The number of phosphoric ester groups is 1. The molecule has 0 aromatic carbocycles. The molecule has 0 fully saturated rings. The van der Waals surface area contributed by atoms with Gasteiger partial charge in [-0.1, -0.05) is 185 Å². The van der Waals surface area contributed by atoms with Crippen LogP contribution in [0.15, 0.2) is 36.5 Å². The Balaban J connectivity index is 4.11. The highest BCUT2D eigenvalue weighted by molar-refractivity contribution is 7.47. The Morgan fingerprint density at radius 3 is 1.32 bits per heavy atom. The Morgan fingerprint density at radius 2 is 0.864 bits per heavy atom. The first-order valence-corrected chi connectivity index (χ1v) is 26.0.